The molecule has 0 unspecified atom stereocenters. The number of nitrogens with zero attached hydrogens (tertiary/aromatic N) is 1. The SMILES string of the molecule is CCN(CC)c1c[nH]c(C(F)(F)F)c1. The van der Waals surface area contributed by atoms with E-state index in [0.717, 1.165) is 6.07 Å². The highest BCUT2D eigenvalue weighted by molar-refractivity contribution is 5.46. The second kappa shape index (κ2) is 3.94. The molecule has 14 heavy (non-hydrogen) atoms. The van der Waals surface area contributed by atoms with Gasteiger partial charge in [-0.15, -0.1) is 0 Å². The Morgan fingerprint density at radius 2 is 1.86 bits per heavy atom. The molecule has 2 nitrogen and oxygen atoms in total. The van der Waals surface area contributed by atoms with Gasteiger partial charge in [-0.25, -0.2) is 0 Å². The predicted octanol–water partition coefficient (Wildman–Crippen LogP) is 2.88. The van der Waals surface area contributed by atoms with Crippen LogP contribution >= 0.6 is 0 Å². The van der Waals surface area contributed by atoms with E-state index in [1.165, 1.54) is 6.20 Å². The molecular formula is C9H13F3N2. The van der Waals surface area contributed by atoms with Crippen molar-refractivity contribution in [2.75, 3.05) is 18.0 Å². The fraction of sp³-hybridized carbons (Fsp3) is 0.556. The lowest BCUT2D eigenvalue weighted by atomic mass is 10.3. The number of H-pyrrole nitrogens is 1. The second-order valence-corrected chi connectivity index (χ2v) is 2.94. The number of aromatic amines is 1. The van der Waals surface area contributed by atoms with E-state index in [2.05, 4.69) is 4.98 Å². The van der Waals surface area contributed by atoms with Crippen LogP contribution in [0.2, 0.25) is 0 Å². The maximum Gasteiger partial charge on any atom is 0.431 e. The molecule has 0 fully saturated rings. The van der Waals surface area contributed by atoms with Gasteiger partial charge in [0.1, 0.15) is 5.69 Å². The summed E-state index contributed by atoms with van der Waals surface area (Å²) in [4.78, 5) is 4.08. The number of nitrogens with one attached hydrogen (secondary N) is 1. The third-order valence-corrected chi connectivity index (χ3v) is 2.10. The molecule has 1 heterocycles. The molecule has 0 aliphatic rings. The first-order valence-electron chi connectivity index (χ1n) is 4.49. The van der Waals surface area contributed by atoms with Crippen LogP contribution in [0.15, 0.2) is 12.3 Å². The number of hydrogen-bond donors (Lipinski definition) is 1. The first-order valence-corrected chi connectivity index (χ1v) is 4.49. The third kappa shape index (κ3) is 2.21. The van der Waals surface area contributed by atoms with E-state index in [4.69, 9.17) is 0 Å². The van der Waals surface area contributed by atoms with E-state index >= 15 is 0 Å². The van der Waals surface area contributed by atoms with Crippen LogP contribution in [0.4, 0.5) is 18.9 Å². The van der Waals surface area contributed by atoms with Gasteiger partial charge in [0.15, 0.2) is 0 Å². The average Bonchev–Trinajstić information content (AvgIpc) is 2.54. The van der Waals surface area contributed by atoms with Gasteiger partial charge < -0.3 is 9.88 Å². The molecule has 0 amide bonds. The van der Waals surface area contributed by atoms with Crippen LogP contribution in [-0.4, -0.2) is 18.1 Å². The number of rotatable bonds is 3. The van der Waals surface area contributed by atoms with Gasteiger partial charge in [0, 0.05) is 19.3 Å². The van der Waals surface area contributed by atoms with E-state index in [1.54, 1.807) is 0 Å². The lowest BCUT2D eigenvalue weighted by molar-refractivity contribution is -0.140. The third-order valence-electron chi connectivity index (χ3n) is 2.10. The van der Waals surface area contributed by atoms with Crippen LogP contribution in [0.5, 0.6) is 0 Å². The van der Waals surface area contributed by atoms with Crippen molar-refractivity contribution in [3.63, 3.8) is 0 Å². The van der Waals surface area contributed by atoms with Crippen molar-refractivity contribution >= 4 is 5.69 Å². The molecule has 1 aromatic heterocycles. The molecule has 0 aliphatic heterocycles. The maximum absolute atomic E-state index is 12.2. The Morgan fingerprint density at radius 3 is 2.21 bits per heavy atom. The van der Waals surface area contributed by atoms with Crippen LogP contribution < -0.4 is 4.90 Å². The van der Waals surface area contributed by atoms with Gasteiger partial charge in [-0.3, -0.25) is 0 Å². The summed E-state index contributed by atoms with van der Waals surface area (Å²) in [5, 5.41) is 0. The summed E-state index contributed by atoms with van der Waals surface area (Å²) in [5.41, 5.74) is -0.110. The quantitative estimate of drug-likeness (QED) is 0.805. The van der Waals surface area contributed by atoms with Gasteiger partial charge in [0.05, 0.1) is 5.69 Å². The molecule has 1 N–H and O–H groups in total. The number of halogens is 3. The summed E-state index contributed by atoms with van der Waals surface area (Å²) in [5.74, 6) is 0. The summed E-state index contributed by atoms with van der Waals surface area (Å²) in [6.07, 6.45) is -2.90. The van der Waals surface area contributed by atoms with Crippen LogP contribution in [0, 0.1) is 0 Å². The highest BCUT2D eigenvalue weighted by atomic mass is 19.4. The van der Waals surface area contributed by atoms with E-state index in [9.17, 15) is 13.2 Å². The molecule has 0 spiro atoms. The van der Waals surface area contributed by atoms with Gasteiger partial charge in [-0.2, -0.15) is 13.2 Å². The molecule has 1 rings (SSSR count). The Hall–Kier alpha value is -1.13. The number of anilines is 1. The van der Waals surface area contributed by atoms with Crippen molar-refractivity contribution in [2.45, 2.75) is 20.0 Å². The molecule has 0 aliphatic carbocycles. The zero-order valence-corrected chi connectivity index (χ0v) is 8.15. The molecule has 0 bridgehead atoms. The number of aromatic nitrogens is 1. The van der Waals surface area contributed by atoms with Crippen LogP contribution in [0.3, 0.4) is 0 Å². The molecule has 0 radical (unpaired) electrons. The fourth-order valence-electron chi connectivity index (χ4n) is 1.32. The molecule has 0 atom stereocenters. The molecular weight excluding hydrogens is 193 g/mol. The smallest absolute Gasteiger partial charge is 0.371 e. The summed E-state index contributed by atoms with van der Waals surface area (Å²) in [6.45, 7) is 5.21. The standard InChI is InChI=1S/C9H13F3N2/c1-3-14(4-2)7-5-8(13-6-7)9(10,11)12/h5-6,13H,3-4H2,1-2H3. The van der Waals surface area contributed by atoms with Gasteiger partial charge in [0.2, 0.25) is 0 Å². The highest BCUT2D eigenvalue weighted by Gasteiger charge is 2.32. The maximum atomic E-state index is 12.2. The van der Waals surface area contributed by atoms with Crippen molar-refractivity contribution in [1.29, 1.82) is 0 Å². The van der Waals surface area contributed by atoms with Crippen molar-refractivity contribution in [3.05, 3.63) is 18.0 Å². The molecule has 0 aromatic carbocycles. The monoisotopic (exact) mass is 206 g/mol. The fourth-order valence-corrected chi connectivity index (χ4v) is 1.32. The van der Waals surface area contributed by atoms with E-state index < -0.39 is 11.9 Å². The minimum absolute atomic E-state index is 0.585. The van der Waals surface area contributed by atoms with Crippen molar-refractivity contribution in [1.82, 2.24) is 4.98 Å². The predicted molar refractivity (Wildman–Crippen MR) is 49.4 cm³/mol. The zero-order valence-electron chi connectivity index (χ0n) is 8.15. The zero-order chi connectivity index (χ0) is 10.8. The van der Waals surface area contributed by atoms with Gasteiger partial charge >= 0.3 is 6.18 Å². The molecule has 0 saturated heterocycles. The van der Waals surface area contributed by atoms with Crippen LogP contribution in [0.1, 0.15) is 19.5 Å². The molecule has 1 aromatic rings. The van der Waals surface area contributed by atoms with Gasteiger partial charge in [0.25, 0.3) is 0 Å². The largest absolute Gasteiger partial charge is 0.431 e. The van der Waals surface area contributed by atoms with Crippen molar-refractivity contribution < 1.29 is 13.2 Å². The highest BCUT2D eigenvalue weighted by Crippen LogP contribution is 2.30. The number of hydrogen-bond acceptors (Lipinski definition) is 1. The van der Waals surface area contributed by atoms with E-state index in [0.29, 0.717) is 18.8 Å². The average molecular weight is 206 g/mol. The molecule has 5 heteroatoms. The lowest BCUT2D eigenvalue weighted by Gasteiger charge is -2.18. The Labute approximate surface area is 80.7 Å². The summed E-state index contributed by atoms with van der Waals surface area (Å²) in [7, 11) is 0. The number of alkyl halides is 3. The van der Waals surface area contributed by atoms with E-state index in [1.807, 2.05) is 18.7 Å². The minimum atomic E-state index is -4.29. The molecule has 80 valence electrons. The Balaban J connectivity index is 2.87. The van der Waals surface area contributed by atoms with Gasteiger partial charge in [-0.1, -0.05) is 0 Å². The first kappa shape index (κ1) is 10.9. The Morgan fingerprint density at radius 1 is 1.29 bits per heavy atom. The topological polar surface area (TPSA) is 19.0 Å². The second-order valence-electron chi connectivity index (χ2n) is 2.94. The van der Waals surface area contributed by atoms with Crippen molar-refractivity contribution in [3.8, 4) is 0 Å². The lowest BCUT2D eigenvalue weighted by Crippen LogP contribution is -2.21. The molecule has 0 saturated carbocycles. The van der Waals surface area contributed by atoms with E-state index in [-0.39, 0.29) is 0 Å². The summed E-state index contributed by atoms with van der Waals surface area (Å²) in [6, 6.07) is 1.13. The van der Waals surface area contributed by atoms with Crippen molar-refractivity contribution in [2.24, 2.45) is 0 Å². The summed E-state index contributed by atoms with van der Waals surface area (Å²) < 4.78 is 36.7. The Kier molecular flexibility index (Phi) is 3.08. The van der Waals surface area contributed by atoms with Crippen LogP contribution in [0.25, 0.3) is 0 Å². The first-order chi connectivity index (χ1) is 6.49. The normalized spacial score (nSPS) is 11.8. The summed E-state index contributed by atoms with van der Waals surface area (Å²) >= 11 is 0. The van der Waals surface area contributed by atoms with Gasteiger partial charge in [-0.05, 0) is 19.9 Å². The Bertz CT molecular complexity index is 286. The van der Waals surface area contributed by atoms with Crippen LogP contribution in [-0.2, 0) is 6.18 Å². The minimum Gasteiger partial charge on any atom is -0.371 e.